The molecule has 1 N–H and O–H groups in total. The van der Waals surface area contributed by atoms with Crippen LogP contribution < -0.4 is 9.47 Å². The minimum Gasteiger partial charge on any atom is -0.497 e. The van der Waals surface area contributed by atoms with Crippen molar-refractivity contribution < 1.29 is 19.5 Å². The second-order valence-electron chi connectivity index (χ2n) is 5.16. The lowest BCUT2D eigenvalue weighted by Crippen LogP contribution is -2.38. The summed E-state index contributed by atoms with van der Waals surface area (Å²) in [7, 11) is 1.49. The van der Waals surface area contributed by atoms with Crippen LogP contribution in [-0.2, 0) is 0 Å². The summed E-state index contributed by atoms with van der Waals surface area (Å²) < 4.78 is 10.6. The Labute approximate surface area is 117 Å². The second-order valence-corrected chi connectivity index (χ2v) is 5.16. The average molecular weight is 281 g/mol. The van der Waals surface area contributed by atoms with E-state index < -0.39 is 10.5 Å². The van der Waals surface area contributed by atoms with E-state index in [1.807, 2.05) is 0 Å². The van der Waals surface area contributed by atoms with E-state index in [9.17, 15) is 15.2 Å². The Balaban J connectivity index is 2.12. The van der Waals surface area contributed by atoms with Gasteiger partial charge in [0, 0.05) is 12.1 Å². The molecule has 20 heavy (non-hydrogen) atoms. The maximum absolute atomic E-state index is 11.0. The van der Waals surface area contributed by atoms with Gasteiger partial charge in [0.1, 0.15) is 12.4 Å². The van der Waals surface area contributed by atoms with Crippen LogP contribution in [0.25, 0.3) is 0 Å². The monoisotopic (exact) mass is 281 g/mol. The topological polar surface area (TPSA) is 81.8 Å². The van der Waals surface area contributed by atoms with Crippen molar-refractivity contribution in [1.29, 1.82) is 0 Å². The van der Waals surface area contributed by atoms with Gasteiger partial charge in [0.15, 0.2) is 0 Å². The molecule has 0 radical (unpaired) electrons. The Kier molecular flexibility index (Phi) is 4.44. The molecule has 2 rings (SSSR count). The first kappa shape index (κ1) is 14.6. The lowest BCUT2D eigenvalue weighted by atomic mass is 9.85. The third-order valence-corrected chi connectivity index (χ3v) is 3.64. The molecule has 0 aromatic heterocycles. The third-order valence-electron chi connectivity index (χ3n) is 3.64. The summed E-state index contributed by atoms with van der Waals surface area (Å²) in [5.41, 5.74) is -1.000. The molecule has 1 fully saturated rings. The highest BCUT2D eigenvalue weighted by atomic mass is 16.6. The summed E-state index contributed by atoms with van der Waals surface area (Å²) >= 11 is 0. The van der Waals surface area contributed by atoms with E-state index in [0.29, 0.717) is 18.6 Å². The fourth-order valence-corrected chi connectivity index (χ4v) is 2.45. The maximum atomic E-state index is 11.0. The van der Waals surface area contributed by atoms with Gasteiger partial charge in [-0.15, -0.1) is 0 Å². The van der Waals surface area contributed by atoms with Crippen LogP contribution in [0.3, 0.4) is 0 Å². The van der Waals surface area contributed by atoms with Crippen molar-refractivity contribution in [2.75, 3.05) is 13.7 Å². The first-order valence-electron chi connectivity index (χ1n) is 6.72. The molecule has 0 bridgehead atoms. The van der Waals surface area contributed by atoms with Crippen LogP contribution in [0.5, 0.6) is 11.5 Å². The van der Waals surface area contributed by atoms with Gasteiger partial charge in [-0.3, -0.25) is 10.1 Å². The molecule has 1 aromatic carbocycles. The van der Waals surface area contributed by atoms with E-state index in [1.165, 1.54) is 25.3 Å². The highest BCUT2D eigenvalue weighted by Crippen LogP contribution is 2.34. The zero-order valence-electron chi connectivity index (χ0n) is 11.5. The van der Waals surface area contributed by atoms with Crippen molar-refractivity contribution in [3.05, 3.63) is 28.3 Å². The molecule has 1 aliphatic carbocycles. The zero-order chi connectivity index (χ0) is 14.6. The highest BCUT2D eigenvalue weighted by molar-refractivity contribution is 5.50. The van der Waals surface area contributed by atoms with Crippen LogP contribution >= 0.6 is 0 Å². The smallest absolute Gasteiger partial charge is 0.311 e. The van der Waals surface area contributed by atoms with Gasteiger partial charge < -0.3 is 14.6 Å². The van der Waals surface area contributed by atoms with Crippen molar-refractivity contribution >= 4 is 5.69 Å². The number of methoxy groups -OCH3 is 1. The molecule has 1 saturated carbocycles. The fraction of sp³-hybridized carbons (Fsp3) is 0.571. The fourth-order valence-electron chi connectivity index (χ4n) is 2.45. The molecule has 1 aliphatic rings. The molecular weight excluding hydrogens is 262 g/mol. The average Bonchev–Trinajstić information content (AvgIpc) is 2.45. The van der Waals surface area contributed by atoms with Gasteiger partial charge in [-0.1, -0.05) is 19.3 Å². The molecule has 0 atom stereocenters. The SMILES string of the molecule is COc1ccc([N+](=O)[O-])c(OCC2(O)CCCCC2)c1. The van der Waals surface area contributed by atoms with Crippen molar-refractivity contribution in [2.24, 2.45) is 0 Å². The molecule has 0 amide bonds. The quantitative estimate of drug-likeness (QED) is 0.662. The first-order chi connectivity index (χ1) is 9.54. The van der Waals surface area contributed by atoms with Crippen LogP contribution in [-0.4, -0.2) is 29.3 Å². The predicted octanol–water partition coefficient (Wildman–Crippen LogP) is 2.68. The standard InChI is InChI=1S/C14H19NO5/c1-19-11-5-6-12(15(17)18)13(9-11)20-10-14(16)7-3-2-4-8-14/h5-6,9,16H,2-4,7-8,10H2,1H3. The predicted molar refractivity (Wildman–Crippen MR) is 73.2 cm³/mol. The Morgan fingerprint density at radius 2 is 2.05 bits per heavy atom. The number of aliphatic hydroxyl groups is 1. The Morgan fingerprint density at radius 1 is 1.35 bits per heavy atom. The van der Waals surface area contributed by atoms with Crippen LogP contribution in [0, 0.1) is 10.1 Å². The Bertz CT molecular complexity index is 482. The highest BCUT2D eigenvalue weighted by Gasteiger charge is 2.31. The number of rotatable bonds is 5. The van der Waals surface area contributed by atoms with Gasteiger partial charge in [-0.25, -0.2) is 0 Å². The van der Waals surface area contributed by atoms with Crippen LogP contribution in [0.15, 0.2) is 18.2 Å². The minimum absolute atomic E-state index is 0.0704. The summed E-state index contributed by atoms with van der Waals surface area (Å²) in [4.78, 5) is 10.5. The number of nitro groups is 1. The molecule has 0 aliphatic heterocycles. The maximum Gasteiger partial charge on any atom is 0.311 e. The number of benzene rings is 1. The number of ether oxygens (including phenoxy) is 2. The summed E-state index contributed by atoms with van der Waals surface area (Å²) in [5, 5.41) is 21.3. The Morgan fingerprint density at radius 3 is 2.65 bits per heavy atom. The normalized spacial score (nSPS) is 17.5. The van der Waals surface area contributed by atoms with Gasteiger partial charge in [-0.2, -0.15) is 0 Å². The lowest BCUT2D eigenvalue weighted by molar-refractivity contribution is -0.386. The van der Waals surface area contributed by atoms with E-state index in [-0.39, 0.29) is 18.0 Å². The van der Waals surface area contributed by atoms with Crippen molar-refractivity contribution in [1.82, 2.24) is 0 Å². The van der Waals surface area contributed by atoms with Crippen LogP contribution in [0.1, 0.15) is 32.1 Å². The van der Waals surface area contributed by atoms with E-state index in [4.69, 9.17) is 9.47 Å². The van der Waals surface area contributed by atoms with Crippen molar-refractivity contribution in [3.8, 4) is 11.5 Å². The number of hydrogen-bond donors (Lipinski definition) is 1. The van der Waals surface area contributed by atoms with Crippen LogP contribution in [0.2, 0.25) is 0 Å². The molecule has 6 nitrogen and oxygen atoms in total. The number of nitrogens with zero attached hydrogens (tertiary/aromatic N) is 1. The van der Waals surface area contributed by atoms with Crippen LogP contribution in [0.4, 0.5) is 5.69 Å². The zero-order valence-corrected chi connectivity index (χ0v) is 11.5. The van der Waals surface area contributed by atoms with E-state index in [1.54, 1.807) is 0 Å². The number of hydrogen-bond acceptors (Lipinski definition) is 5. The third kappa shape index (κ3) is 3.39. The van der Waals surface area contributed by atoms with Crippen molar-refractivity contribution in [3.63, 3.8) is 0 Å². The first-order valence-corrected chi connectivity index (χ1v) is 6.72. The molecule has 110 valence electrons. The molecular formula is C14H19NO5. The van der Waals surface area contributed by atoms with Gasteiger partial charge in [0.2, 0.25) is 5.75 Å². The largest absolute Gasteiger partial charge is 0.497 e. The second kappa shape index (κ2) is 6.09. The van der Waals surface area contributed by atoms with Crippen molar-refractivity contribution in [2.45, 2.75) is 37.7 Å². The van der Waals surface area contributed by atoms with Gasteiger partial charge in [-0.05, 0) is 18.9 Å². The molecule has 0 spiro atoms. The van der Waals surface area contributed by atoms with E-state index in [0.717, 1.165) is 19.3 Å². The summed E-state index contributed by atoms with van der Waals surface area (Å²) in [6.45, 7) is 0.0704. The van der Waals surface area contributed by atoms with E-state index >= 15 is 0 Å². The molecule has 0 heterocycles. The van der Waals surface area contributed by atoms with Gasteiger partial charge in [0.25, 0.3) is 0 Å². The van der Waals surface area contributed by atoms with Gasteiger partial charge >= 0.3 is 5.69 Å². The summed E-state index contributed by atoms with van der Waals surface area (Å²) in [6, 6.07) is 4.34. The summed E-state index contributed by atoms with van der Waals surface area (Å²) in [6.07, 6.45) is 4.37. The number of nitro benzene ring substituents is 1. The Hall–Kier alpha value is -1.82. The van der Waals surface area contributed by atoms with Gasteiger partial charge in [0.05, 0.1) is 17.6 Å². The molecule has 1 aromatic rings. The molecule has 0 saturated heterocycles. The molecule has 6 heteroatoms. The lowest BCUT2D eigenvalue weighted by Gasteiger charge is -2.31. The summed E-state index contributed by atoms with van der Waals surface area (Å²) in [5.74, 6) is 0.620. The van der Waals surface area contributed by atoms with E-state index in [2.05, 4.69) is 0 Å². The minimum atomic E-state index is -0.880. The molecule has 0 unspecified atom stereocenters.